The number of phosphoric acid groups is 1. The fraction of sp³-hybridized carbons (Fsp3) is 0.792. The van der Waals surface area contributed by atoms with Crippen LogP contribution in [0.1, 0.15) is 206 Å². The summed E-state index contributed by atoms with van der Waals surface area (Å²) in [6.45, 7) is 2.07. The summed E-state index contributed by atoms with van der Waals surface area (Å²) >= 11 is 0. The highest BCUT2D eigenvalue weighted by atomic mass is 31.2. The predicted octanol–water partition coefficient (Wildman–Crippen LogP) is 12.9. The quantitative estimate of drug-likeness (QED) is 0.0234. The third-order valence-electron chi connectivity index (χ3n) is 10.0. The number of aliphatic hydroxyl groups excluding tert-OH is 2. The number of allylic oxidation sites excluding steroid dienone is 8. The van der Waals surface area contributed by atoms with Crippen LogP contribution in [0.15, 0.2) is 48.6 Å². The average Bonchev–Trinajstić information content (AvgIpc) is 3.22. The number of unbranched alkanes of at least 4 members (excludes halogenated alkanes) is 22. The lowest BCUT2D eigenvalue weighted by atomic mass is 10.0. The normalized spacial score (nSPS) is 14.2. The first kappa shape index (κ1) is 56.9. The molecule has 0 aliphatic heterocycles. The minimum Gasteiger partial charge on any atom is -0.457 e. The van der Waals surface area contributed by atoms with Gasteiger partial charge in [-0.2, -0.15) is 0 Å². The Hall–Kier alpha value is -2.07. The van der Waals surface area contributed by atoms with Gasteiger partial charge < -0.3 is 24.6 Å². The molecule has 59 heavy (non-hydrogen) atoms. The van der Waals surface area contributed by atoms with Gasteiger partial charge in [-0.05, 0) is 70.6 Å². The molecular weight excluding hydrogens is 767 g/mol. The highest BCUT2D eigenvalue weighted by molar-refractivity contribution is 7.47. The van der Waals surface area contributed by atoms with E-state index >= 15 is 0 Å². The first-order chi connectivity index (χ1) is 28.8. The summed E-state index contributed by atoms with van der Waals surface area (Å²) in [5, 5.41) is 19.2. The lowest BCUT2D eigenvalue weighted by molar-refractivity contribution is -0.153. The summed E-state index contributed by atoms with van der Waals surface area (Å²) in [6.07, 6.45) is 48.1. The predicted molar refractivity (Wildman–Crippen MR) is 242 cm³/mol. The third kappa shape index (κ3) is 42.4. The van der Waals surface area contributed by atoms with E-state index in [1.54, 1.807) is 0 Å². The molecule has 0 aliphatic carbocycles. The van der Waals surface area contributed by atoms with E-state index in [0.717, 1.165) is 57.8 Å². The Balaban J connectivity index is 3.86. The van der Waals surface area contributed by atoms with Crippen LogP contribution in [0.2, 0.25) is 0 Å². The van der Waals surface area contributed by atoms with Crippen molar-refractivity contribution in [1.29, 1.82) is 0 Å². The van der Waals surface area contributed by atoms with E-state index in [0.29, 0.717) is 12.8 Å². The van der Waals surface area contributed by atoms with Crippen LogP contribution in [0.4, 0.5) is 0 Å². The SMILES string of the molecule is CC/C=C\C/C=C\C/C=C\CCCCCC(=O)OC(CO)COP(=O)(O)OCC(CO)OC(=O)CCCCCCCCCCCCC/C=C\CCCCCCCCCC. The van der Waals surface area contributed by atoms with Crippen LogP contribution in [0, 0.1) is 0 Å². The van der Waals surface area contributed by atoms with Crippen molar-refractivity contribution in [2.45, 2.75) is 219 Å². The molecule has 0 saturated carbocycles. The van der Waals surface area contributed by atoms with Crippen molar-refractivity contribution >= 4 is 19.8 Å². The van der Waals surface area contributed by atoms with E-state index < -0.39 is 58.4 Å². The Labute approximate surface area is 360 Å². The number of ether oxygens (including phenoxy) is 2. The van der Waals surface area contributed by atoms with E-state index in [1.165, 1.54) is 109 Å². The summed E-state index contributed by atoms with van der Waals surface area (Å²) in [4.78, 5) is 34.5. The van der Waals surface area contributed by atoms with Gasteiger partial charge in [-0.3, -0.25) is 18.6 Å². The van der Waals surface area contributed by atoms with Gasteiger partial charge in [0, 0.05) is 12.8 Å². The molecule has 3 N–H and O–H groups in total. The lowest BCUT2D eigenvalue weighted by Crippen LogP contribution is -2.28. The Bertz CT molecular complexity index is 1120. The highest BCUT2D eigenvalue weighted by Crippen LogP contribution is 2.43. The molecule has 0 aromatic rings. The van der Waals surface area contributed by atoms with Crippen molar-refractivity contribution in [2.24, 2.45) is 0 Å². The van der Waals surface area contributed by atoms with Gasteiger partial charge in [0.1, 0.15) is 12.2 Å². The second-order valence-corrected chi connectivity index (χ2v) is 17.2. The molecule has 0 saturated heterocycles. The zero-order valence-corrected chi connectivity index (χ0v) is 38.4. The Morgan fingerprint density at radius 1 is 0.475 bits per heavy atom. The number of aliphatic hydroxyl groups is 2. The van der Waals surface area contributed by atoms with Crippen molar-refractivity contribution in [2.75, 3.05) is 26.4 Å². The zero-order chi connectivity index (χ0) is 43.3. The van der Waals surface area contributed by atoms with Crippen molar-refractivity contribution in [1.82, 2.24) is 0 Å². The molecule has 0 bridgehead atoms. The largest absolute Gasteiger partial charge is 0.472 e. The molecule has 0 radical (unpaired) electrons. The highest BCUT2D eigenvalue weighted by Gasteiger charge is 2.27. The Kier molecular flexibility index (Phi) is 42.5. The molecule has 11 heteroatoms. The molecule has 0 amide bonds. The number of esters is 2. The molecule has 0 rings (SSSR count). The number of carbonyl (C=O) groups is 2. The van der Waals surface area contributed by atoms with Gasteiger partial charge in [0.05, 0.1) is 26.4 Å². The van der Waals surface area contributed by atoms with Crippen LogP contribution in [-0.4, -0.2) is 65.7 Å². The van der Waals surface area contributed by atoms with Crippen molar-refractivity contribution in [3.8, 4) is 0 Å². The van der Waals surface area contributed by atoms with Gasteiger partial charge in [-0.15, -0.1) is 0 Å². The van der Waals surface area contributed by atoms with Gasteiger partial charge in [0.2, 0.25) is 0 Å². The van der Waals surface area contributed by atoms with Crippen LogP contribution < -0.4 is 0 Å². The summed E-state index contributed by atoms with van der Waals surface area (Å²) < 4.78 is 32.6. The summed E-state index contributed by atoms with van der Waals surface area (Å²) in [7, 11) is -4.65. The number of hydrogen-bond acceptors (Lipinski definition) is 9. The molecule has 0 fully saturated rings. The lowest BCUT2D eigenvalue weighted by Gasteiger charge is -2.20. The molecule has 0 aromatic heterocycles. The number of hydrogen-bond donors (Lipinski definition) is 3. The van der Waals surface area contributed by atoms with Crippen molar-refractivity contribution in [3.05, 3.63) is 48.6 Å². The summed E-state index contributed by atoms with van der Waals surface area (Å²) in [5.41, 5.74) is 0. The third-order valence-corrected chi connectivity index (χ3v) is 11.0. The molecule has 344 valence electrons. The standard InChI is InChI=1S/C48H87O10P/c1-3-5-7-9-11-13-15-17-18-19-20-21-22-23-24-25-26-28-30-32-34-36-38-40-48(52)58-46(42-50)44-56-59(53,54)55-43-45(41-49)57-47(51)39-37-35-33-31-29-27-16-14-12-10-8-6-4-2/h6,8,12,14,19-20,27,29,45-46,49-50H,3-5,7,9-11,13,15-18,21-26,28,30-44H2,1-2H3,(H,53,54)/b8-6-,14-12-,20-19-,29-27-. The molecule has 0 heterocycles. The first-order valence-corrected chi connectivity index (χ1v) is 25.1. The van der Waals surface area contributed by atoms with Crippen LogP contribution in [0.25, 0.3) is 0 Å². The number of carbonyl (C=O) groups excluding carboxylic acids is 2. The van der Waals surface area contributed by atoms with Crippen molar-refractivity contribution < 1.29 is 47.8 Å². The molecular formula is C48H87O10P. The van der Waals surface area contributed by atoms with Crippen LogP contribution in [-0.2, 0) is 32.7 Å². The first-order valence-electron chi connectivity index (χ1n) is 23.6. The topological polar surface area (TPSA) is 149 Å². The van der Waals surface area contributed by atoms with Gasteiger partial charge in [-0.1, -0.05) is 172 Å². The van der Waals surface area contributed by atoms with E-state index in [-0.39, 0.29) is 12.8 Å². The molecule has 0 spiro atoms. The minimum atomic E-state index is -4.65. The van der Waals surface area contributed by atoms with E-state index in [1.807, 2.05) is 0 Å². The Morgan fingerprint density at radius 2 is 0.797 bits per heavy atom. The maximum Gasteiger partial charge on any atom is 0.472 e. The monoisotopic (exact) mass is 855 g/mol. The average molecular weight is 855 g/mol. The van der Waals surface area contributed by atoms with E-state index in [4.69, 9.17) is 18.5 Å². The molecule has 3 unspecified atom stereocenters. The smallest absolute Gasteiger partial charge is 0.457 e. The zero-order valence-electron chi connectivity index (χ0n) is 37.5. The van der Waals surface area contributed by atoms with Crippen LogP contribution in [0.5, 0.6) is 0 Å². The molecule has 3 atom stereocenters. The second kappa shape index (κ2) is 44.0. The number of phosphoric ester groups is 1. The Morgan fingerprint density at radius 3 is 1.19 bits per heavy atom. The molecule has 0 aliphatic rings. The second-order valence-electron chi connectivity index (χ2n) is 15.7. The van der Waals surface area contributed by atoms with E-state index in [9.17, 15) is 29.3 Å². The van der Waals surface area contributed by atoms with E-state index in [2.05, 4.69) is 62.5 Å². The van der Waals surface area contributed by atoms with Gasteiger partial charge in [0.15, 0.2) is 0 Å². The molecule has 10 nitrogen and oxygen atoms in total. The van der Waals surface area contributed by atoms with Gasteiger partial charge >= 0.3 is 19.8 Å². The maximum atomic E-state index is 12.4. The fourth-order valence-electron chi connectivity index (χ4n) is 6.42. The fourth-order valence-corrected chi connectivity index (χ4v) is 7.20. The minimum absolute atomic E-state index is 0.156. The summed E-state index contributed by atoms with van der Waals surface area (Å²) in [5.74, 6) is -1.05. The maximum absolute atomic E-state index is 12.4. The van der Waals surface area contributed by atoms with Crippen LogP contribution >= 0.6 is 7.82 Å². The van der Waals surface area contributed by atoms with Crippen molar-refractivity contribution in [3.63, 3.8) is 0 Å². The number of rotatable bonds is 44. The van der Waals surface area contributed by atoms with Gasteiger partial charge in [-0.25, -0.2) is 4.57 Å². The molecule has 0 aromatic carbocycles. The van der Waals surface area contributed by atoms with Gasteiger partial charge in [0.25, 0.3) is 0 Å². The summed E-state index contributed by atoms with van der Waals surface area (Å²) in [6, 6.07) is 0. The van der Waals surface area contributed by atoms with Crippen LogP contribution in [0.3, 0.4) is 0 Å².